The van der Waals surface area contributed by atoms with E-state index in [1.165, 1.54) is 0 Å². The number of fused-ring (bicyclic) bond motifs is 1. The Morgan fingerprint density at radius 3 is 2.62 bits per heavy atom. The van der Waals surface area contributed by atoms with E-state index in [1.54, 1.807) is 32.0 Å². The molecular formula is C19H19N3O4. The van der Waals surface area contributed by atoms with Gasteiger partial charge in [0.15, 0.2) is 6.04 Å². The van der Waals surface area contributed by atoms with E-state index in [9.17, 15) is 14.7 Å². The summed E-state index contributed by atoms with van der Waals surface area (Å²) in [6, 6.07) is 5.82. The minimum absolute atomic E-state index is 0.256. The van der Waals surface area contributed by atoms with Crippen LogP contribution in [0.2, 0.25) is 0 Å². The molecule has 1 amide bonds. The van der Waals surface area contributed by atoms with Gasteiger partial charge in [0.05, 0.1) is 16.6 Å². The molecule has 26 heavy (non-hydrogen) atoms. The number of carbonyl (C=O) groups excluding carboxylic acids is 1. The van der Waals surface area contributed by atoms with Crippen LogP contribution in [0.4, 0.5) is 0 Å². The summed E-state index contributed by atoms with van der Waals surface area (Å²) >= 11 is 0. The third-order valence-corrected chi connectivity index (χ3v) is 4.47. The van der Waals surface area contributed by atoms with Crippen LogP contribution in [0.1, 0.15) is 44.5 Å². The molecule has 0 saturated heterocycles. The topological polar surface area (TPSA) is 105 Å². The molecule has 0 aliphatic carbocycles. The first kappa shape index (κ1) is 17.6. The van der Waals surface area contributed by atoms with Gasteiger partial charge in [-0.1, -0.05) is 23.4 Å². The van der Waals surface area contributed by atoms with E-state index in [0.29, 0.717) is 27.9 Å². The van der Waals surface area contributed by atoms with Gasteiger partial charge in [0.25, 0.3) is 11.6 Å². The first-order valence-corrected chi connectivity index (χ1v) is 8.13. The van der Waals surface area contributed by atoms with E-state index in [2.05, 4.69) is 15.5 Å². The summed E-state index contributed by atoms with van der Waals surface area (Å²) in [7, 11) is 0. The molecule has 2 heterocycles. The lowest BCUT2D eigenvalue weighted by Crippen LogP contribution is -2.34. The Kier molecular flexibility index (Phi) is 4.46. The second-order valence-corrected chi connectivity index (χ2v) is 6.29. The van der Waals surface area contributed by atoms with Gasteiger partial charge in [-0.25, -0.2) is 9.78 Å². The largest absolute Gasteiger partial charge is 0.479 e. The lowest BCUT2D eigenvalue weighted by Gasteiger charge is -2.18. The molecule has 0 aliphatic rings. The molecule has 1 atom stereocenters. The van der Waals surface area contributed by atoms with E-state index in [4.69, 9.17) is 4.52 Å². The third kappa shape index (κ3) is 3.03. The standard InChI is InChI=1S/C19H19N3O4/c1-9-6-5-7-13(11(9)3)16(19(24)25)21-17(23)14-8-10(2)20-18-15(14)12(4)22-26-18/h5-8,16H,1-4H3,(H,21,23)(H,24,25). The van der Waals surface area contributed by atoms with E-state index >= 15 is 0 Å². The Labute approximate surface area is 150 Å². The molecule has 0 bridgehead atoms. The van der Waals surface area contributed by atoms with Gasteiger partial charge in [0.1, 0.15) is 0 Å². The number of nitrogens with zero attached hydrogens (tertiary/aromatic N) is 2. The number of carbonyl (C=O) groups is 2. The Hall–Kier alpha value is -3.22. The maximum Gasteiger partial charge on any atom is 0.330 e. The molecule has 1 aromatic carbocycles. The van der Waals surface area contributed by atoms with Gasteiger partial charge in [-0.2, -0.15) is 0 Å². The van der Waals surface area contributed by atoms with E-state index in [0.717, 1.165) is 11.1 Å². The van der Waals surface area contributed by atoms with Crippen molar-refractivity contribution in [3.63, 3.8) is 0 Å². The second-order valence-electron chi connectivity index (χ2n) is 6.29. The number of carboxylic acids is 1. The zero-order chi connectivity index (χ0) is 19.0. The van der Waals surface area contributed by atoms with Crippen molar-refractivity contribution in [1.29, 1.82) is 0 Å². The van der Waals surface area contributed by atoms with Crippen molar-refractivity contribution in [3.05, 3.63) is 57.9 Å². The lowest BCUT2D eigenvalue weighted by molar-refractivity contribution is -0.139. The summed E-state index contributed by atoms with van der Waals surface area (Å²) in [6.07, 6.45) is 0. The number of carboxylic acid groups (broad SMARTS) is 1. The number of hydrogen-bond donors (Lipinski definition) is 2. The van der Waals surface area contributed by atoms with Gasteiger partial charge >= 0.3 is 5.97 Å². The molecule has 0 saturated carbocycles. The fourth-order valence-electron chi connectivity index (χ4n) is 2.96. The van der Waals surface area contributed by atoms with Gasteiger partial charge in [-0.05, 0) is 50.5 Å². The van der Waals surface area contributed by atoms with Crippen LogP contribution in [0.25, 0.3) is 11.1 Å². The van der Waals surface area contributed by atoms with Crippen LogP contribution in [0.3, 0.4) is 0 Å². The molecule has 1 unspecified atom stereocenters. The average molecular weight is 353 g/mol. The summed E-state index contributed by atoms with van der Waals surface area (Å²) in [5.41, 5.74) is 4.00. The van der Waals surface area contributed by atoms with Crippen LogP contribution in [-0.4, -0.2) is 27.1 Å². The summed E-state index contributed by atoms with van der Waals surface area (Å²) in [6.45, 7) is 7.17. The molecule has 7 heteroatoms. The van der Waals surface area contributed by atoms with E-state index in [-0.39, 0.29) is 5.71 Å². The second kappa shape index (κ2) is 6.59. The van der Waals surface area contributed by atoms with Crippen molar-refractivity contribution in [2.24, 2.45) is 0 Å². The molecule has 7 nitrogen and oxygen atoms in total. The minimum atomic E-state index is -1.16. The molecule has 2 N–H and O–H groups in total. The van der Waals surface area contributed by atoms with Crippen LogP contribution >= 0.6 is 0 Å². The summed E-state index contributed by atoms with van der Waals surface area (Å²) in [5, 5.41) is 16.6. The monoisotopic (exact) mass is 353 g/mol. The van der Waals surface area contributed by atoms with Gasteiger partial charge in [0.2, 0.25) is 0 Å². The summed E-state index contributed by atoms with van der Waals surface area (Å²) < 4.78 is 5.13. The average Bonchev–Trinajstić information content (AvgIpc) is 2.95. The van der Waals surface area contributed by atoms with Gasteiger partial charge in [0, 0.05) is 5.69 Å². The van der Waals surface area contributed by atoms with Crippen molar-refractivity contribution >= 4 is 23.0 Å². The number of nitrogens with one attached hydrogen (secondary N) is 1. The fraction of sp³-hybridized carbons (Fsp3) is 0.263. The fourth-order valence-corrected chi connectivity index (χ4v) is 2.96. The van der Waals surface area contributed by atoms with Gasteiger partial charge in [-0.15, -0.1) is 0 Å². The molecule has 2 aromatic heterocycles. The van der Waals surface area contributed by atoms with Crippen molar-refractivity contribution in [3.8, 4) is 0 Å². The minimum Gasteiger partial charge on any atom is -0.479 e. The van der Waals surface area contributed by atoms with Crippen LogP contribution in [0.5, 0.6) is 0 Å². The molecular weight excluding hydrogens is 334 g/mol. The van der Waals surface area contributed by atoms with Crippen LogP contribution in [-0.2, 0) is 4.79 Å². The number of benzene rings is 1. The summed E-state index contributed by atoms with van der Waals surface area (Å²) in [5.74, 6) is -1.64. The smallest absolute Gasteiger partial charge is 0.330 e. The maximum absolute atomic E-state index is 12.9. The van der Waals surface area contributed by atoms with Crippen LogP contribution in [0, 0.1) is 27.7 Å². The zero-order valence-electron chi connectivity index (χ0n) is 15.0. The molecule has 3 aromatic rings. The quantitative estimate of drug-likeness (QED) is 0.747. The number of aryl methyl sites for hydroxylation is 3. The highest BCUT2D eigenvalue weighted by Gasteiger charge is 2.26. The number of pyridine rings is 1. The van der Waals surface area contributed by atoms with Gasteiger partial charge in [-0.3, -0.25) is 4.79 Å². The SMILES string of the molecule is Cc1cc(C(=O)NC(C(=O)O)c2cccc(C)c2C)c2c(C)noc2n1. The normalized spacial score (nSPS) is 12.2. The first-order chi connectivity index (χ1) is 12.3. The van der Waals surface area contributed by atoms with E-state index < -0.39 is 17.9 Å². The lowest BCUT2D eigenvalue weighted by atomic mass is 9.97. The number of amides is 1. The number of aliphatic carboxylic acids is 1. The maximum atomic E-state index is 12.9. The van der Waals surface area contributed by atoms with Crippen molar-refractivity contribution in [2.75, 3.05) is 0 Å². The molecule has 134 valence electrons. The third-order valence-electron chi connectivity index (χ3n) is 4.47. The Balaban J connectivity index is 2.04. The molecule has 3 rings (SSSR count). The Morgan fingerprint density at radius 1 is 1.19 bits per heavy atom. The van der Waals surface area contributed by atoms with E-state index in [1.807, 2.05) is 19.9 Å². The highest BCUT2D eigenvalue weighted by Crippen LogP contribution is 2.25. The highest BCUT2D eigenvalue weighted by atomic mass is 16.5. The molecule has 0 radical (unpaired) electrons. The van der Waals surface area contributed by atoms with Crippen molar-refractivity contribution < 1.29 is 19.2 Å². The Morgan fingerprint density at radius 2 is 1.92 bits per heavy atom. The van der Waals surface area contributed by atoms with Gasteiger partial charge < -0.3 is 14.9 Å². The highest BCUT2D eigenvalue weighted by molar-refractivity contribution is 6.07. The number of aromatic nitrogens is 2. The predicted octanol–water partition coefficient (Wildman–Crippen LogP) is 3.01. The number of hydrogen-bond acceptors (Lipinski definition) is 5. The van der Waals surface area contributed by atoms with Crippen LogP contribution in [0.15, 0.2) is 28.8 Å². The Bertz CT molecular complexity index is 1020. The molecule has 0 spiro atoms. The van der Waals surface area contributed by atoms with Crippen LogP contribution < -0.4 is 5.32 Å². The van der Waals surface area contributed by atoms with Crippen molar-refractivity contribution in [2.45, 2.75) is 33.7 Å². The predicted molar refractivity (Wildman–Crippen MR) is 95.0 cm³/mol. The van der Waals surface area contributed by atoms with Crippen molar-refractivity contribution in [1.82, 2.24) is 15.5 Å². The molecule has 0 aliphatic heterocycles. The first-order valence-electron chi connectivity index (χ1n) is 8.13. The zero-order valence-corrected chi connectivity index (χ0v) is 15.0. The number of rotatable bonds is 4. The summed E-state index contributed by atoms with van der Waals surface area (Å²) in [4.78, 5) is 28.9. The molecule has 0 fully saturated rings.